The third-order valence-corrected chi connectivity index (χ3v) is 4.41. The van der Waals surface area contributed by atoms with E-state index in [0.717, 1.165) is 0 Å². The first-order chi connectivity index (χ1) is 9.97. The summed E-state index contributed by atoms with van der Waals surface area (Å²) in [4.78, 5) is 25.3. The lowest BCUT2D eigenvalue weighted by Gasteiger charge is -2.22. The maximum atomic E-state index is 12.0. The first kappa shape index (κ1) is 15.8. The number of anilines is 1. The number of hydrogen-bond acceptors (Lipinski definition) is 3. The second-order valence-electron chi connectivity index (χ2n) is 5.43. The smallest absolute Gasteiger partial charge is 0.310 e. The second kappa shape index (κ2) is 6.45. The Balaban J connectivity index is 1.93. The van der Waals surface area contributed by atoms with Gasteiger partial charge >= 0.3 is 5.97 Å². The van der Waals surface area contributed by atoms with Gasteiger partial charge in [0.1, 0.15) is 0 Å². The monoisotopic (exact) mass is 310 g/mol. The van der Waals surface area contributed by atoms with Crippen LogP contribution in [0.1, 0.15) is 19.8 Å². The molecule has 1 aromatic rings. The minimum absolute atomic E-state index is 0.180. The van der Waals surface area contributed by atoms with Gasteiger partial charge in [-0.25, -0.2) is 0 Å². The van der Waals surface area contributed by atoms with Crippen LogP contribution in [0.15, 0.2) is 24.3 Å². The van der Waals surface area contributed by atoms with Gasteiger partial charge < -0.3 is 10.4 Å². The lowest BCUT2D eigenvalue weighted by atomic mass is 9.84. The Hall–Kier alpha value is -1.59. The van der Waals surface area contributed by atoms with Crippen molar-refractivity contribution in [2.24, 2.45) is 5.41 Å². The summed E-state index contributed by atoms with van der Waals surface area (Å²) in [6.45, 7) is 3.09. The molecule has 1 aliphatic heterocycles. The van der Waals surface area contributed by atoms with E-state index in [1.165, 1.54) is 0 Å². The van der Waals surface area contributed by atoms with Crippen molar-refractivity contribution in [3.8, 4) is 0 Å². The molecule has 0 bridgehead atoms. The molecule has 0 aromatic heterocycles. The van der Waals surface area contributed by atoms with E-state index in [1.807, 2.05) is 11.8 Å². The van der Waals surface area contributed by atoms with E-state index < -0.39 is 11.4 Å². The summed E-state index contributed by atoms with van der Waals surface area (Å²) >= 11 is 5.99. The van der Waals surface area contributed by atoms with Crippen molar-refractivity contribution in [2.75, 3.05) is 25.0 Å². The van der Waals surface area contributed by atoms with Crippen molar-refractivity contribution in [1.29, 1.82) is 0 Å². The molecule has 0 spiro atoms. The Morgan fingerprint density at radius 2 is 2.14 bits per heavy atom. The van der Waals surface area contributed by atoms with E-state index in [-0.39, 0.29) is 12.5 Å². The van der Waals surface area contributed by atoms with Gasteiger partial charge in [0, 0.05) is 6.54 Å². The predicted molar refractivity (Wildman–Crippen MR) is 81.5 cm³/mol. The number of hydrogen-bond donors (Lipinski definition) is 2. The zero-order chi connectivity index (χ0) is 15.5. The van der Waals surface area contributed by atoms with Gasteiger partial charge in [0.15, 0.2) is 0 Å². The van der Waals surface area contributed by atoms with Crippen molar-refractivity contribution >= 4 is 29.2 Å². The molecular weight excluding hydrogens is 292 g/mol. The van der Waals surface area contributed by atoms with Gasteiger partial charge in [0.25, 0.3) is 0 Å². The number of halogens is 1. The molecule has 1 fully saturated rings. The first-order valence-electron chi connectivity index (χ1n) is 6.97. The number of para-hydroxylation sites is 1. The summed E-state index contributed by atoms with van der Waals surface area (Å²) in [5.41, 5.74) is -0.145. The van der Waals surface area contributed by atoms with Gasteiger partial charge in [-0.05, 0) is 31.5 Å². The molecule has 1 aliphatic rings. The van der Waals surface area contributed by atoms with E-state index in [9.17, 15) is 14.7 Å². The molecule has 0 aliphatic carbocycles. The summed E-state index contributed by atoms with van der Waals surface area (Å²) in [6.07, 6.45) is 1.16. The Labute approximate surface area is 128 Å². The Morgan fingerprint density at radius 3 is 2.71 bits per heavy atom. The molecule has 1 amide bonds. The van der Waals surface area contributed by atoms with Crippen LogP contribution in [0.2, 0.25) is 5.02 Å². The average molecular weight is 311 g/mol. The van der Waals surface area contributed by atoms with Crippen LogP contribution >= 0.6 is 11.6 Å². The highest BCUT2D eigenvalue weighted by molar-refractivity contribution is 6.33. The van der Waals surface area contributed by atoms with Crippen molar-refractivity contribution in [1.82, 2.24) is 4.90 Å². The molecular formula is C15H19ClN2O3. The molecule has 5 nitrogen and oxygen atoms in total. The number of likely N-dealkylation sites (tertiary alicyclic amines) is 1. The molecule has 1 heterocycles. The number of aliphatic carboxylic acids is 1. The molecule has 6 heteroatoms. The van der Waals surface area contributed by atoms with Crippen LogP contribution in [0.4, 0.5) is 5.69 Å². The van der Waals surface area contributed by atoms with Crippen molar-refractivity contribution in [3.05, 3.63) is 29.3 Å². The standard InChI is InChI=1S/C15H19ClN2O3/c1-2-15(14(20)21)7-8-18(10-15)9-13(19)17-12-6-4-3-5-11(12)16/h3-6H,2,7-10H2,1H3,(H,17,19)(H,20,21). The average Bonchev–Trinajstić information content (AvgIpc) is 2.86. The van der Waals surface area contributed by atoms with Crippen LogP contribution < -0.4 is 5.32 Å². The summed E-state index contributed by atoms with van der Waals surface area (Å²) in [5.74, 6) is -0.959. The highest BCUT2D eigenvalue weighted by Crippen LogP contribution is 2.34. The first-order valence-corrected chi connectivity index (χ1v) is 7.35. The number of carboxylic acid groups (broad SMARTS) is 1. The summed E-state index contributed by atoms with van der Waals surface area (Å²) in [5, 5.41) is 12.6. The molecule has 21 heavy (non-hydrogen) atoms. The zero-order valence-corrected chi connectivity index (χ0v) is 12.7. The largest absolute Gasteiger partial charge is 0.481 e. The van der Waals surface area contributed by atoms with Crippen LogP contribution in [-0.2, 0) is 9.59 Å². The molecule has 0 radical (unpaired) electrons. The van der Waals surface area contributed by atoms with E-state index in [4.69, 9.17) is 11.6 Å². The third kappa shape index (κ3) is 3.54. The molecule has 114 valence electrons. The van der Waals surface area contributed by atoms with Crippen LogP contribution in [0.5, 0.6) is 0 Å². The molecule has 1 unspecified atom stereocenters. The van der Waals surface area contributed by atoms with Crippen LogP contribution in [0.3, 0.4) is 0 Å². The second-order valence-corrected chi connectivity index (χ2v) is 5.83. The van der Waals surface area contributed by atoms with Crippen LogP contribution in [-0.4, -0.2) is 41.5 Å². The Kier molecular flexibility index (Phi) is 4.85. The van der Waals surface area contributed by atoms with Gasteiger partial charge in [-0.15, -0.1) is 0 Å². The maximum Gasteiger partial charge on any atom is 0.310 e. The fourth-order valence-corrected chi connectivity index (χ4v) is 2.85. The van der Waals surface area contributed by atoms with Gasteiger partial charge in [-0.2, -0.15) is 0 Å². The van der Waals surface area contributed by atoms with E-state index in [1.54, 1.807) is 24.3 Å². The van der Waals surface area contributed by atoms with Gasteiger partial charge in [-0.3, -0.25) is 14.5 Å². The molecule has 1 saturated heterocycles. The zero-order valence-electron chi connectivity index (χ0n) is 11.9. The number of amides is 1. The Morgan fingerprint density at radius 1 is 1.43 bits per heavy atom. The van der Waals surface area contributed by atoms with E-state index in [0.29, 0.717) is 36.6 Å². The fraction of sp³-hybridized carbons (Fsp3) is 0.467. The predicted octanol–water partition coefficient (Wildman–Crippen LogP) is 2.47. The number of nitrogens with one attached hydrogen (secondary N) is 1. The number of rotatable bonds is 5. The Bertz CT molecular complexity index is 549. The van der Waals surface area contributed by atoms with Gasteiger partial charge in [0.05, 0.1) is 22.7 Å². The summed E-state index contributed by atoms with van der Waals surface area (Å²) < 4.78 is 0. The SMILES string of the molecule is CCC1(C(=O)O)CCN(CC(=O)Nc2ccccc2Cl)C1. The molecule has 2 rings (SSSR count). The number of carbonyl (C=O) groups is 2. The lowest BCUT2D eigenvalue weighted by molar-refractivity contribution is -0.148. The van der Waals surface area contributed by atoms with Gasteiger partial charge in [-0.1, -0.05) is 30.7 Å². The number of nitrogens with zero attached hydrogens (tertiary/aromatic N) is 1. The summed E-state index contributed by atoms with van der Waals surface area (Å²) in [6, 6.07) is 7.03. The minimum Gasteiger partial charge on any atom is -0.481 e. The van der Waals surface area contributed by atoms with Crippen LogP contribution in [0.25, 0.3) is 0 Å². The molecule has 0 saturated carbocycles. The molecule has 2 N–H and O–H groups in total. The topological polar surface area (TPSA) is 69.6 Å². The normalized spacial score (nSPS) is 22.2. The quantitative estimate of drug-likeness (QED) is 0.876. The minimum atomic E-state index is -0.779. The van der Waals surface area contributed by atoms with Crippen molar-refractivity contribution in [2.45, 2.75) is 19.8 Å². The third-order valence-electron chi connectivity index (χ3n) is 4.08. The number of carbonyl (C=O) groups excluding carboxylic acids is 1. The molecule has 1 atom stereocenters. The number of carboxylic acids is 1. The number of benzene rings is 1. The van der Waals surface area contributed by atoms with Gasteiger partial charge in [0.2, 0.25) is 5.91 Å². The molecule has 1 aromatic carbocycles. The fourth-order valence-electron chi connectivity index (χ4n) is 2.66. The summed E-state index contributed by atoms with van der Waals surface area (Å²) in [7, 11) is 0. The van der Waals surface area contributed by atoms with Crippen molar-refractivity contribution < 1.29 is 14.7 Å². The maximum absolute atomic E-state index is 12.0. The highest BCUT2D eigenvalue weighted by atomic mass is 35.5. The highest BCUT2D eigenvalue weighted by Gasteiger charge is 2.43. The lowest BCUT2D eigenvalue weighted by Crippen LogP contribution is -2.37. The van der Waals surface area contributed by atoms with E-state index >= 15 is 0 Å². The van der Waals surface area contributed by atoms with E-state index in [2.05, 4.69) is 5.32 Å². The van der Waals surface area contributed by atoms with Crippen LogP contribution in [0, 0.1) is 5.41 Å². The van der Waals surface area contributed by atoms with Crippen molar-refractivity contribution in [3.63, 3.8) is 0 Å².